The molecule has 1 aliphatic carbocycles. The summed E-state index contributed by atoms with van der Waals surface area (Å²) < 4.78 is 0. The lowest BCUT2D eigenvalue weighted by Crippen LogP contribution is -2.51. The second-order valence-corrected chi connectivity index (χ2v) is 5.44. The number of nitrogens with zero attached hydrogens (tertiary/aromatic N) is 2. The second kappa shape index (κ2) is 4.74. The number of amides is 1. The fourth-order valence-corrected chi connectivity index (χ4v) is 3.12. The Morgan fingerprint density at radius 3 is 2.19 bits per heavy atom. The fraction of sp³-hybridized carbons (Fsp3) is 0.923. The molecule has 2 aliphatic rings. The van der Waals surface area contributed by atoms with Crippen molar-refractivity contribution in [3.8, 4) is 0 Å². The third kappa shape index (κ3) is 2.10. The summed E-state index contributed by atoms with van der Waals surface area (Å²) in [7, 11) is 2.13. The molecular formula is C13H24N2O. The smallest absolute Gasteiger partial charge is 0.228 e. The molecule has 1 saturated carbocycles. The minimum absolute atomic E-state index is 0.00983. The van der Waals surface area contributed by atoms with E-state index in [1.165, 1.54) is 12.8 Å². The van der Waals surface area contributed by atoms with Crippen molar-refractivity contribution in [1.82, 2.24) is 9.80 Å². The van der Waals surface area contributed by atoms with Crippen molar-refractivity contribution >= 4 is 5.91 Å². The minimum Gasteiger partial charge on any atom is -0.340 e. The zero-order valence-corrected chi connectivity index (χ0v) is 10.7. The Bertz CT molecular complexity index is 251. The maximum atomic E-state index is 12.6. The van der Waals surface area contributed by atoms with E-state index in [9.17, 15) is 4.79 Å². The van der Waals surface area contributed by atoms with E-state index in [1.54, 1.807) is 0 Å². The Balaban J connectivity index is 2.00. The van der Waals surface area contributed by atoms with E-state index >= 15 is 0 Å². The van der Waals surface area contributed by atoms with E-state index in [2.05, 4.69) is 23.8 Å². The van der Waals surface area contributed by atoms with Gasteiger partial charge in [0.2, 0.25) is 5.91 Å². The number of carbonyl (C=O) groups is 1. The summed E-state index contributed by atoms with van der Waals surface area (Å²) in [6.07, 6.45) is 5.75. The van der Waals surface area contributed by atoms with Crippen LogP contribution in [-0.4, -0.2) is 48.9 Å². The van der Waals surface area contributed by atoms with Crippen molar-refractivity contribution in [3.63, 3.8) is 0 Å². The van der Waals surface area contributed by atoms with Gasteiger partial charge in [0.15, 0.2) is 0 Å². The monoisotopic (exact) mass is 224 g/mol. The lowest BCUT2D eigenvalue weighted by molar-refractivity contribution is -0.143. The topological polar surface area (TPSA) is 23.6 Å². The van der Waals surface area contributed by atoms with Gasteiger partial charge >= 0.3 is 0 Å². The molecule has 0 atom stereocenters. The average molecular weight is 224 g/mol. The first-order valence-electron chi connectivity index (χ1n) is 6.66. The summed E-state index contributed by atoms with van der Waals surface area (Å²) in [6, 6.07) is 0. The van der Waals surface area contributed by atoms with Crippen molar-refractivity contribution in [2.75, 3.05) is 33.2 Å². The van der Waals surface area contributed by atoms with Crippen LogP contribution in [0.3, 0.4) is 0 Å². The normalized spacial score (nSPS) is 26.0. The Labute approximate surface area is 98.8 Å². The number of hydrogen-bond acceptors (Lipinski definition) is 2. The van der Waals surface area contributed by atoms with Gasteiger partial charge in [0.25, 0.3) is 0 Å². The van der Waals surface area contributed by atoms with Gasteiger partial charge < -0.3 is 9.80 Å². The Kier molecular flexibility index (Phi) is 3.53. The molecule has 92 valence electrons. The quantitative estimate of drug-likeness (QED) is 0.713. The summed E-state index contributed by atoms with van der Waals surface area (Å²) in [4.78, 5) is 17.0. The van der Waals surface area contributed by atoms with Crippen molar-refractivity contribution in [3.05, 3.63) is 0 Å². The largest absolute Gasteiger partial charge is 0.340 e. The summed E-state index contributed by atoms with van der Waals surface area (Å²) in [5, 5.41) is 0. The van der Waals surface area contributed by atoms with Crippen LogP contribution in [0.15, 0.2) is 0 Å². The molecule has 0 aromatic carbocycles. The van der Waals surface area contributed by atoms with Gasteiger partial charge in [-0.1, -0.05) is 19.8 Å². The summed E-state index contributed by atoms with van der Waals surface area (Å²) in [6.45, 7) is 6.10. The molecule has 0 aromatic heterocycles. The van der Waals surface area contributed by atoms with Crippen molar-refractivity contribution in [2.45, 2.75) is 39.0 Å². The molecule has 0 radical (unpaired) electrons. The molecule has 0 spiro atoms. The second-order valence-electron chi connectivity index (χ2n) is 5.44. The number of hydrogen-bond donors (Lipinski definition) is 0. The zero-order chi connectivity index (χ0) is 11.6. The average Bonchev–Trinajstić information content (AvgIpc) is 2.79. The Hall–Kier alpha value is -0.570. The van der Waals surface area contributed by atoms with Crippen molar-refractivity contribution in [1.29, 1.82) is 0 Å². The molecule has 1 heterocycles. The molecule has 0 N–H and O–H groups in total. The lowest BCUT2D eigenvalue weighted by atomic mass is 9.81. The highest BCUT2D eigenvalue weighted by Crippen LogP contribution is 2.42. The van der Waals surface area contributed by atoms with Gasteiger partial charge in [-0.15, -0.1) is 0 Å². The minimum atomic E-state index is 0.00983. The van der Waals surface area contributed by atoms with Crippen LogP contribution >= 0.6 is 0 Å². The van der Waals surface area contributed by atoms with E-state index in [1.807, 2.05) is 0 Å². The predicted octanol–water partition coefficient (Wildman–Crippen LogP) is 1.73. The number of carbonyl (C=O) groups excluding carboxylic acids is 1. The van der Waals surface area contributed by atoms with Crippen LogP contribution in [0, 0.1) is 5.41 Å². The molecule has 1 saturated heterocycles. The van der Waals surface area contributed by atoms with Gasteiger partial charge in [-0.05, 0) is 26.3 Å². The van der Waals surface area contributed by atoms with Gasteiger partial charge in [-0.25, -0.2) is 0 Å². The van der Waals surface area contributed by atoms with Crippen LogP contribution in [0.1, 0.15) is 39.0 Å². The molecule has 1 aliphatic heterocycles. The molecule has 2 fully saturated rings. The standard InChI is InChI=1S/C13H24N2O/c1-3-13(6-4-5-7-13)12(16)15-10-8-14(2)9-11-15/h3-11H2,1-2H3. The van der Waals surface area contributed by atoms with Crippen LogP contribution in [0.5, 0.6) is 0 Å². The van der Waals surface area contributed by atoms with Crippen LogP contribution in [0.2, 0.25) is 0 Å². The highest BCUT2D eigenvalue weighted by molar-refractivity contribution is 5.83. The lowest BCUT2D eigenvalue weighted by Gasteiger charge is -2.38. The van der Waals surface area contributed by atoms with Crippen molar-refractivity contribution < 1.29 is 4.79 Å². The summed E-state index contributed by atoms with van der Waals surface area (Å²) in [5.41, 5.74) is 0.00983. The molecule has 3 heteroatoms. The van der Waals surface area contributed by atoms with Crippen LogP contribution in [0.4, 0.5) is 0 Å². The van der Waals surface area contributed by atoms with Gasteiger partial charge in [0.05, 0.1) is 0 Å². The highest BCUT2D eigenvalue weighted by atomic mass is 16.2. The molecule has 2 rings (SSSR count). The fourth-order valence-electron chi connectivity index (χ4n) is 3.12. The molecule has 0 aromatic rings. The first-order chi connectivity index (χ1) is 7.68. The summed E-state index contributed by atoms with van der Waals surface area (Å²) >= 11 is 0. The highest BCUT2D eigenvalue weighted by Gasteiger charge is 2.42. The van der Waals surface area contributed by atoms with Crippen LogP contribution in [0.25, 0.3) is 0 Å². The molecule has 0 unspecified atom stereocenters. The third-order valence-corrected chi connectivity index (χ3v) is 4.48. The van der Waals surface area contributed by atoms with E-state index in [4.69, 9.17) is 0 Å². The Morgan fingerprint density at radius 1 is 1.12 bits per heavy atom. The first-order valence-corrected chi connectivity index (χ1v) is 6.66. The van der Waals surface area contributed by atoms with Gasteiger partial charge in [0, 0.05) is 31.6 Å². The van der Waals surface area contributed by atoms with Gasteiger partial charge in [-0.2, -0.15) is 0 Å². The van der Waals surface area contributed by atoms with Crippen LogP contribution in [-0.2, 0) is 4.79 Å². The number of piperazine rings is 1. The number of rotatable bonds is 2. The Morgan fingerprint density at radius 2 is 1.69 bits per heavy atom. The maximum absolute atomic E-state index is 12.6. The molecule has 16 heavy (non-hydrogen) atoms. The molecule has 1 amide bonds. The van der Waals surface area contributed by atoms with E-state index in [0.29, 0.717) is 5.91 Å². The van der Waals surface area contributed by atoms with E-state index in [-0.39, 0.29) is 5.41 Å². The molecule has 3 nitrogen and oxygen atoms in total. The molecular weight excluding hydrogens is 200 g/mol. The number of likely N-dealkylation sites (N-methyl/N-ethyl adjacent to an activating group) is 1. The van der Waals surface area contributed by atoms with Gasteiger partial charge in [0.1, 0.15) is 0 Å². The SMILES string of the molecule is CCC1(C(=O)N2CCN(C)CC2)CCCC1. The molecule has 0 bridgehead atoms. The third-order valence-electron chi connectivity index (χ3n) is 4.48. The zero-order valence-electron chi connectivity index (χ0n) is 10.7. The van der Waals surface area contributed by atoms with E-state index < -0.39 is 0 Å². The van der Waals surface area contributed by atoms with Gasteiger partial charge in [-0.3, -0.25) is 4.79 Å². The summed E-state index contributed by atoms with van der Waals surface area (Å²) in [5.74, 6) is 0.445. The van der Waals surface area contributed by atoms with Crippen LogP contribution < -0.4 is 0 Å². The van der Waals surface area contributed by atoms with E-state index in [0.717, 1.165) is 45.4 Å². The van der Waals surface area contributed by atoms with Crippen molar-refractivity contribution in [2.24, 2.45) is 5.41 Å². The first kappa shape index (κ1) is 11.9. The predicted molar refractivity (Wildman–Crippen MR) is 65.3 cm³/mol. The maximum Gasteiger partial charge on any atom is 0.228 e.